The average Bonchev–Trinajstić information content (AvgIpc) is 2.60. The van der Waals surface area contributed by atoms with Crippen molar-refractivity contribution in [3.8, 4) is 11.4 Å². The van der Waals surface area contributed by atoms with E-state index in [0.29, 0.717) is 22.1 Å². The molecule has 0 bridgehead atoms. The predicted molar refractivity (Wildman–Crippen MR) is 98.7 cm³/mol. The minimum Gasteiger partial charge on any atom is -0.322 e. The van der Waals surface area contributed by atoms with Gasteiger partial charge in [-0.25, -0.2) is 9.37 Å². The summed E-state index contributed by atoms with van der Waals surface area (Å²) in [5.74, 6) is -0.735. The van der Waals surface area contributed by atoms with Crippen molar-refractivity contribution in [3.63, 3.8) is 0 Å². The van der Waals surface area contributed by atoms with Crippen molar-refractivity contribution < 1.29 is 9.18 Å². The molecule has 2 aromatic carbocycles. The Morgan fingerprint density at radius 3 is 2.58 bits per heavy atom. The van der Waals surface area contributed by atoms with Crippen LogP contribution >= 0.6 is 11.6 Å². The first-order valence-electron chi connectivity index (χ1n) is 7.83. The summed E-state index contributed by atoms with van der Waals surface area (Å²) in [6, 6.07) is 14.0. The van der Waals surface area contributed by atoms with Gasteiger partial charge in [-0.05, 0) is 43.3 Å². The third-order valence-electron chi connectivity index (χ3n) is 3.69. The summed E-state index contributed by atoms with van der Waals surface area (Å²) in [4.78, 5) is 29.1. The SMILES string of the molecule is Cc1cc(=O)n(CC(=O)Nc2ccccc2F)c(-c2ccc(Cl)cc2)n1. The van der Waals surface area contributed by atoms with Gasteiger partial charge in [0, 0.05) is 22.3 Å². The Kier molecular flexibility index (Phi) is 5.14. The van der Waals surface area contributed by atoms with Crippen molar-refractivity contribution in [3.05, 3.63) is 81.5 Å². The number of hydrogen-bond acceptors (Lipinski definition) is 3. The molecule has 1 amide bonds. The Labute approximate surface area is 154 Å². The van der Waals surface area contributed by atoms with Crippen molar-refractivity contribution in [2.45, 2.75) is 13.5 Å². The molecule has 0 unspecified atom stereocenters. The van der Waals surface area contributed by atoms with Gasteiger partial charge < -0.3 is 5.32 Å². The highest BCUT2D eigenvalue weighted by Gasteiger charge is 2.14. The molecule has 0 saturated carbocycles. The number of carbonyl (C=O) groups excluding carboxylic acids is 1. The van der Waals surface area contributed by atoms with Crippen LogP contribution in [0, 0.1) is 12.7 Å². The molecule has 0 fully saturated rings. The van der Waals surface area contributed by atoms with E-state index in [1.807, 2.05) is 0 Å². The number of rotatable bonds is 4. The Hall–Kier alpha value is -2.99. The number of anilines is 1. The molecule has 3 aromatic rings. The van der Waals surface area contributed by atoms with Gasteiger partial charge in [0.05, 0.1) is 5.69 Å². The number of aryl methyl sites for hydroxylation is 1. The molecule has 0 radical (unpaired) electrons. The predicted octanol–water partition coefficient (Wildman–Crippen LogP) is 3.65. The molecule has 0 aliphatic rings. The first kappa shape index (κ1) is 17.8. The molecule has 0 atom stereocenters. The molecular formula is C19H15ClFN3O2. The molecule has 7 heteroatoms. The second-order valence-corrected chi connectivity index (χ2v) is 6.12. The number of carbonyl (C=O) groups is 1. The molecule has 0 saturated heterocycles. The summed E-state index contributed by atoms with van der Waals surface area (Å²) in [7, 11) is 0. The number of benzene rings is 2. The fraction of sp³-hybridized carbons (Fsp3) is 0.105. The van der Waals surface area contributed by atoms with Crippen LogP contribution in [0.2, 0.25) is 5.02 Å². The van der Waals surface area contributed by atoms with Crippen LogP contribution in [-0.2, 0) is 11.3 Å². The quantitative estimate of drug-likeness (QED) is 0.761. The van der Waals surface area contributed by atoms with E-state index in [1.54, 1.807) is 37.3 Å². The maximum Gasteiger partial charge on any atom is 0.254 e. The first-order valence-corrected chi connectivity index (χ1v) is 8.20. The molecule has 0 spiro atoms. The highest BCUT2D eigenvalue weighted by molar-refractivity contribution is 6.30. The molecular weight excluding hydrogens is 357 g/mol. The summed E-state index contributed by atoms with van der Waals surface area (Å²) >= 11 is 5.90. The lowest BCUT2D eigenvalue weighted by Crippen LogP contribution is -2.29. The molecule has 1 heterocycles. The summed E-state index contributed by atoms with van der Waals surface area (Å²) in [5.41, 5.74) is 0.865. The minimum absolute atomic E-state index is 0.0543. The first-order chi connectivity index (χ1) is 12.4. The summed E-state index contributed by atoms with van der Waals surface area (Å²) in [5, 5.41) is 3.01. The maximum atomic E-state index is 13.7. The van der Waals surface area contributed by atoms with Crippen LogP contribution in [0.5, 0.6) is 0 Å². The number of nitrogens with zero attached hydrogens (tertiary/aromatic N) is 2. The zero-order chi connectivity index (χ0) is 18.7. The molecule has 132 valence electrons. The van der Waals surface area contributed by atoms with Crippen molar-refractivity contribution >= 4 is 23.2 Å². The van der Waals surface area contributed by atoms with E-state index < -0.39 is 11.7 Å². The molecule has 1 aromatic heterocycles. The van der Waals surface area contributed by atoms with Gasteiger partial charge in [-0.3, -0.25) is 14.2 Å². The summed E-state index contributed by atoms with van der Waals surface area (Å²) in [6.45, 7) is 1.41. The molecule has 26 heavy (non-hydrogen) atoms. The second-order valence-electron chi connectivity index (χ2n) is 5.68. The zero-order valence-corrected chi connectivity index (χ0v) is 14.6. The van der Waals surface area contributed by atoms with Crippen molar-refractivity contribution in [2.75, 3.05) is 5.32 Å². The summed E-state index contributed by atoms with van der Waals surface area (Å²) < 4.78 is 14.9. The Bertz CT molecular complexity index is 1020. The van der Waals surface area contributed by atoms with Crippen LogP contribution in [-0.4, -0.2) is 15.5 Å². The van der Waals surface area contributed by atoms with E-state index in [0.717, 1.165) is 0 Å². The molecule has 5 nitrogen and oxygen atoms in total. The van der Waals surface area contributed by atoms with E-state index in [1.165, 1.54) is 28.8 Å². The molecule has 0 aliphatic heterocycles. The lowest BCUT2D eigenvalue weighted by molar-refractivity contribution is -0.116. The second kappa shape index (κ2) is 7.49. The normalized spacial score (nSPS) is 10.6. The number of hydrogen-bond donors (Lipinski definition) is 1. The Morgan fingerprint density at radius 2 is 1.88 bits per heavy atom. The van der Waals surface area contributed by atoms with Crippen LogP contribution < -0.4 is 10.9 Å². The van der Waals surface area contributed by atoms with Crippen LogP contribution in [0.15, 0.2) is 59.4 Å². The van der Waals surface area contributed by atoms with E-state index >= 15 is 0 Å². The monoisotopic (exact) mass is 371 g/mol. The largest absolute Gasteiger partial charge is 0.322 e. The highest BCUT2D eigenvalue weighted by atomic mass is 35.5. The van der Waals surface area contributed by atoms with Crippen LogP contribution in [0.4, 0.5) is 10.1 Å². The van der Waals surface area contributed by atoms with Gasteiger partial charge >= 0.3 is 0 Å². The number of halogens is 2. The van der Waals surface area contributed by atoms with Crippen LogP contribution in [0.1, 0.15) is 5.69 Å². The maximum absolute atomic E-state index is 13.7. The number of para-hydroxylation sites is 1. The van der Waals surface area contributed by atoms with Crippen LogP contribution in [0.25, 0.3) is 11.4 Å². The number of nitrogens with one attached hydrogen (secondary N) is 1. The van der Waals surface area contributed by atoms with E-state index in [9.17, 15) is 14.0 Å². The van der Waals surface area contributed by atoms with Gasteiger partial charge in [0.1, 0.15) is 18.2 Å². The lowest BCUT2D eigenvalue weighted by atomic mass is 10.2. The van der Waals surface area contributed by atoms with Crippen molar-refractivity contribution in [2.24, 2.45) is 0 Å². The minimum atomic E-state index is -0.548. The summed E-state index contributed by atoms with van der Waals surface area (Å²) in [6.07, 6.45) is 0. The van der Waals surface area contributed by atoms with Crippen molar-refractivity contribution in [1.29, 1.82) is 0 Å². The average molecular weight is 372 g/mol. The van der Waals surface area contributed by atoms with Gasteiger partial charge in [0.2, 0.25) is 5.91 Å². The Balaban J connectivity index is 1.94. The molecule has 0 aliphatic carbocycles. The van der Waals surface area contributed by atoms with E-state index in [4.69, 9.17) is 11.6 Å². The van der Waals surface area contributed by atoms with Gasteiger partial charge in [-0.1, -0.05) is 23.7 Å². The van der Waals surface area contributed by atoms with E-state index in [-0.39, 0.29) is 17.8 Å². The highest BCUT2D eigenvalue weighted by Crippen LogP contribution is 2.19. The van der Waals surface area contributed by atoms with Crippen LogP contribution in [0.3, 0.4) is 0 Å². The standard InChI is InChI=1S/C19H15ClFN3O2/c1-12-10-18(26)24(19(22-12)13-6-8-14(20)9-7-13)11-17(25)23-16-5-3-2-4-15(16)21/h2-10H,11H2,1H3,(H,23,25). The molecule has 3 rings (SSSR count). The van der Waals surface area contributed by atoms with E-state index in [2.05, 4.69) is 10.3 Å². The topological polar surface area (TPSA) is 64.0 Å². The lowest BCUT2D eigenvalue weighted by Gasteiger charge is -2.13. The third-order valence-corrected chi connectivity index (χ3v) is 3.94. The molecule has 1 N–H and O–H groups in total. The Morgan fingerprint density at radius 1 is 1.19 bits per heavy atom. The van der Waals surface area contributed by atoms with Gasteiger partial charge in [0.25, 0.3) is 5.56 Å². The third kappa shape index (κ3) is 3.97. The number of aromatic nitrogens is 2. The fourth-order valence-corrected chi connectivity index (χ4v) is 2.61. The van der Waals surface area contributed by atoms with Crippen molar-refractivity contribution in [1.82, 2.24) is 9.55 Å². The number of amides is 1. The zero-order valence-electron chi connectivity index (χ0n) is 13.9. The fourth-order valence-electron chi connectivity index (χ4n) is 2.49. The van der Waals surface area contributed by atoms with Gasteiger partial charge in [-0.2, -0.15) is 0 Å². The van der Waals surface area contributed by atoms with Gasteiger partial charge in [0.15, 0.2) is 0 Å². The van der Waals surface area contributed by atoms with Gasteiger partial charge in [-0.15, -0.1) is 0 Å². The smallest absolute Gasteiger partial charge is 0.254 e.